The lowest BCUT2D eigenvalue weighted by atomic mass is 10.0. The van der Waals surface area contributed by atoms with Gasteiger partial charge in [-0.2, -0.15) is 0 Å². The van der Waals surface area contributed by atoms with Gasteiger partial charge in [0, 0.05) is 24.8 Å². The Morgan fingerprint density at radius 3 is 2.46 bits per heavy atom. The number of hydrogen-bond donors (Lipinski definition) is 0. The molecule has 2 aliphatic rings. The second-order valence-corrected chi connectivity index (χ2v) is 9.59. The van der Waals surface area contributed by atoms with Gasteiger partial charge in [0.05, 0.1) is 10.3 Å². The number of fused-ring (bicyclic) bond motifs is 2. The van der Waals surface area contributed by atoms with Gasteiger partial charge < -0.3 is 4.90 Å². The lowest BCUT2D eigenvalue weighted by Crippen LogP contribution is -2.49. The summed E-state index contributed by atoms with van der Waals surface area (Å²) in [4.78, 5) is 14.5. The molecule has 4 nitrogen and oxygen atoms in total. The van der Waals surface area contributed by atoms with Gasteiger partial charge in [-0.1, -0.05) is 17.7 Å². The summed E-state index contributed by atoms with van der Waals surface area (Å²) in [6.07, 6.45) is 4.97. The summed E-state index contributed by atoms with van der Waals surface area (Å²) in [7, 11) is -3.05. The average molecular weight is 374 g/mol. The standard InChI is InChI=1S/C17H21ClFNO3S/c1-24(22,23)14-9-12-4-5-13(10-14)20(12)17(21)7-3-11-2-6-16(19)15(18)8-11/h2,6,8,12-14H,3-5,7,9-10H2,1H3. The lowest BCUT2D eigenvalue weighted by Gasteiger charge is -2.38. The Hall–Kier alpha value is -1.14. The topological polar surface area (TPSA) is 54.5 Å². The first-order valence-electron chi connectivity index (χ1n) is 8.19. The molecule has 2 unspecified atom stereocenters. The van der Waals surface area contributed by atoms with E-state index in [0.29, 0.717) is 25.7 Å². The van der Waals surface area contributed by atoms with Crippen molar-refractivity contribution < 1.29 is 17.6 Å². The first-order valence-corrected chi connectivity index (χ1v) is 10.5. The smallest absolute Gasteiger partial charge is 0.223 e. The van der Waals surface area contributed by atoms with Crippen molar-refractivity contribution in [3.05, 3.63) is 34.6 Å². The second-order valence-electron chi connectivity index (χ2n) is 6.86. The number of carbonyl (C=O) groups is 1. The molecule has 0 radical (unpaired) electrons. The number of carbonyl (C=O) groups excluding carboxylic acids is 1. The Bertz CT molecular complexity index is 738. The van der Waals surface area contributed by atoms with Crippen LogP contribution in [-0.2, 0) is 21.1 Å². The van der Waals surface area contributed by atoms with Crippen LogP contribution >= 0.6 is 11.6 Å². The summed E-state index contributed by atoms with van der Waals surface area (Å²) >= 11 is 5.77. The molecule has 2 fully saturated rings. The molecule has 0 aliphatic carbocycles. The third-order valence-electron chi connectivity index (χ3n) is 5.19. The first-order chi connectivity index (χ1) is 11.3. The number of halogens is 2. The summed E-state index contributed by atoms with van der Waals surface area (Å²) in [5.74, 6) is -0.414. The normalized spacial score (nSPS) is 26.6. The summed E-state index contributed by atoms with van der Waals surface area (Å²) in [6.45, 7) is 0. The van der Waals surface area contributed by atoms with Crippen LogP contribution in [0.4, 0.5) is 4.39 Å². The van der Waals surface area contributed by atoms with Crippen molar-refractivity contribution in [1.82, 2.24) is 4.90 Å². The molecule has 2 atom stereocenters. The van der Waals surface area contributed by atoms with Gasteiger partial charge >= 0.3 is 0 Å². The molecule has 2 bridgehead atoms. The van der Waals surface area contributed by atoms with Gasteiger partial charge in [-0.05, 0) is 49.8 Å². The van der Waals surface area contributed by atoms with Gasteiger partial charge in [-0.15, -0.1) is 0 Å². The van der Waals surface area contributed by atoms with Crippen molar-refractivity contribution in [1.29, 1.82) is 0 Å². The largest absolute Gasteiger partial charge is 0.337 e. The third kappa shape index (κ3) is 3.59. The minimum atomic E-state index is -3.05. The molecule has 0 N–H and O–H groups in total. The maximum atomic E-state index is 13.2. The van der Waals surface area contributed by atoms with Crippen LogP contribution in [0.2, 0.25) is 5.02 Å². The van der Waals surface area contributed by atoms with Crippen molar-refractivity contribution in [3.8, 4) is 0 Å². The van der Waals surface area contributed by atoms with Crippen LogP contribution in [0.5, 0.6) is 0 Å². The fourth-order valence-corrected chi connectivity index (χ4v) is 5.31. The average Bonchev–Trinajstić information content (AvgIpc) is 2.77. The molecule has 0 spiro atoms. The number of piperidine rings is 1. The zero-order chi connectivity index (χ0) is 17.5. The maximum Gasteiger partial charge on any atom is 0.223 e. The fourth-order valence-electron chi connectivity index (χ4n) is 3.96. The Morgan fingerprint density at radius 1 is 1.29 bits per heavy atom. The minimum absolute atomic E-state index is 0.0350. The van der Waals surface area contributed by atoms with E-state index in [1.54, 1.807) is 12.1 Å². The van der Waals surface area contributed by atoms with Gasteiger partial charge in [0.1, 0.15) is 15.7 Å². The molecule has 2 aliphatic heterocycles. The molecule has 1 amide bonds. The van der Waals surface area contributed by atoms with Gasteiger partial charge in [-0.3, -0.25) is 4.79 Å². The first kappa shape index (κ1) is 17.7. The highest BCUT2D eigenvalue weighted by Gasteiger charge is 2.45. The predicted octanol–water partition coefficient (Wildman–Crippen LogP) is 2.98. The maximum absolute atomic E-state index is 13.2. The Balaban J connectivity index is 1.63. The monoisotopic (exact) mass is 373 g/mol. The predicted molar refractivity (Wildman–Crippen MR) is 91.3 cm³/mol. The van der Waals surface area contributed by atoms with Crippen molar-refractivity contribution in [2.45, 2.75) is 55.9 Å². The van der Waals surface area contributed by atoms with Gasteiger partial charge in [-0.25, -0.2) is 12.8 Å². The summed E-state index contributed by atoms with van der Waals surface area (Å²) in [6, 6.07) is 4.57. The number of rotatable bonds is 4. The molecule has 2 heterocycles. The van der Waals surface area contributed by atoms with Crippen LogP contribution in [0.15, 0.2) is 18.2 Å². The Labute approximate surface area is 146 Å². The summed E-state index contributed by atoms with van der Waals surface area (Å²) in [5.41, 5.74) is 0.827. The zero-order valence-corrected chi connectivity index (χ0v) is 15.1. The van der Waals surface area contributed by atoms with Crippen LogP contribution in [-0.4, -0.2) is 42.8 Å². The van der Waals surface area contributed by atoms with Crippen LogP contribution in [0.25, 0.3) is 0 Å². The van der Waals surface area contributed by atoms with Crippen molar-refractivity contribution in [2.75, 3.05) is 6.26 Å². The highest BCUT2D eigenvalue weighted by atomic mass is 35.5. The van der Waals surface area contributed by atoms with E-state index in [4.69, 9.17) is 11.6 Å². The van der Waals surface area contributed by atoms with Crippen LogP contribution in [0.1, 0.15) is 37.7 Å². The molecule has 0 aromatic heterocycles. The highest BCUT2D eigenvalue weighted by Crippen LogP contribution is 2.38. The molecular formula is C17H21ClFNO3S. The Morgan fingerprint density at radius 2 is 1.92 bits per heavy atom. The molecule has 1 aromatic rings. The number of aryl methyl sites for hydroxylation is 1. The van der Waals surface area contributed by atoms with Crippen molar-refractivity contribution in [3.63, 3.8) is 0 Å². The van der Waals surface area contributed by atoms with E-state index >= 15 is 0 Å². The van der Waals surface area contributed by atoms with Crippen molar-refractivity contribution >= 4 is 27.3 Å². The van der Waals surface area contributed by atoms with E-state index in [9.17, 15) is 17.6 Å². The van der Waals surface area contributed by atoms with Gasteiger partial charge in [0.15, 0.2) is 0 Å². The fraction of sp³-hybridized carbons (Fsp3) is 0.588. The summed E-state index contributed by atoms with van der Waals surface area (Å²) < 4.78 is 36.8. The number of hydrogen-bond acceptors (Lipinski definition) is 3. The number of nitrogens with zero attached hydrogens (tertiary/aromatic N) is 1. The highest BCUT2D eigenvalue weighted by molar-refractivity contribution is 7.91. The molecule has 3 rings (SSSR count). The quantitative estimate of drug-likeness (QED) is 0.815. The second kappa shape index (κ2) is 6.64. The van der Waals surface area contributed by atoms with E-state index in [1.165, 1.54) is 12.3 Å². The molecule has 0 saturated carbocycles. The van der Waals surface area contributed by atoms with E-state index < -0.39 is 15.7 Å². The van der Waals surface area contributed by atoms with E-state index in [-0.39, 0.29) is 28.3 Å². The molecule has 7 heteroatoms. The number of benzene rings is 1. The molecule has 1 aromatic carbocycles. The van der Waals surface area contributed by atoms with E-state index in [0.717, 1.165) is 18.4 Å². The SMILES string of the molecule is CS(=O)(=O)C1CC2CCC(C1)N2C(=O)CCc1ccc(F)c(Cl)c1. The molecule has 2 saturated heterocycles. The van der Waals surface area contributed by atoms with Crippen molar-refractivity contribution in [2.24, 2.45) is 0 Å². The zero-order valence-electron chi connectivity index (χ0n) is 13.5. The van der Waals surface area contributed by atoms with Gasteiger partial charge in [0.25, 0.3) is 0 Å². The third-order valence-corrected chi connectivity index (χ3v) is 7.08. The molecular weight excluding hydrogens is 353 g/mol. The molecule has 24 heavy (non-hydrogen) atoms. The van der Waals surface area contributed by atoms with Crippen LogP contribution in [0.3, 0.4) is 0 Å². The van der Waals surface area contributed by atoms with Crippen LogP contribution in [0, 0.1) is 5.82 Å². The number of amides is 1. The van der Waals surface area contributed by atoms with E-state index in [2.05, 4.69) is 0 Å². The minimum Gasteiger partial charge on any atom is -0.337 e. The lowest BCUT2D eigenvalue weighted by molar-refractivity contribution is -0.135. The summed E-state index contributed by atoms with van der Waals surface area (Å²) in [5, 5.41) is -0.260. The van der Waals surface area contributed by atoms with Gasteiger partial charge in [0.2, 0.25) is 5.91 Å². The van der Waals surface area contributed by atoms with Crippen LogP contribution < -0.4 is 0 Å². The van der Waals surface area contributed by atoms with E-state index in [1.807, 2.05) is 4.90 Å². The molecule has 132 valence electrons. The number of sulfone groups is 1. The Kier molecular flexibility index (Phi) is 4.89.